The molecular formula is C17H21N5O. The van der Waals surface area contributed by atoms with Crippen LogP contribution in [0.25, 0.3) is 0 Å². The number of benzene rings is 1. The number of hydrogen-bond acceptors (Lipinski definition) is 6. The van der Waals surface area contributed by atoms with Gasteiger partial charge in [0.05, 0.1) is 19.4 Å². The highest BCUT2D eigenvalue weighted by molar-refractivity contribution is 5.66. The third-order valence-electron chi connectivity index (χ3n) is 4.33. The van der Waals surface area contributed by atoms with Gasteiger partial charge < -0.3 is 15.0 Å². The minimum atomic E-state index is -0.256. The monoisotopic (exact) mass is 311 g/mol. The van der Waals surface area contributed by atoms with E-state index in [4.69, 9.17) is 10.00 Å². The second kappa shape index (κ2) is 6.61. The fraction of sp³-hybridized carbons (Fsp3) is 0.412. The quantitative estimate of drug-likeness (QED) is 0.657. The molecule has 6 nitrogen and oxygen atoms in total. The fourth-order valence-electron chi connectivity index (χ4n) is 3.18. The smallest absolute Gasteiger partial charge is 0.178 e. The minimum Gasteiger partial charge on any atom is -0.496 e. The van der Waals surface area contributed by atoms with Gasteiger partial charge in [-0.05, 0) is 37.0 Å². The molecule has 2 aliphatic heterocycles. The zero-order valence-electron chi connectivity index (χ0n) is 13.4. The highest BCUT2D eigenvalue weighted by Gasteiger charge is 2.29. The van der Waals surface area contributed by atoms with E-state index in [0.29, 0.717) is 6.04 Å². The fourth-order valence-corrected chi connectivity index (χ4v) is 3.18. The van der Waals surface area contributed by atoms with Crippen molar-refractivity contribution in [2.24, 2.45) is 4.99 Å². The van der Waals surface area contributed by atoms with Crippen molar-refractivity contribution in [1.82, 2.24) is 15.5 Å². The molecular weight excluding hydrogens is 290 g/mol. The predicted molar refractivity (Wildman–Crippen MR) is 88.7 cm³/mol. The Balaban J connectivity index is 1.82. The topological polar surface area (TPSA) is 72.7 Å². The largest absolute Gasteiger partial charge is 0.496 e. The Labute approximate surface area is 136 Å². The Morgan fingerprint density at radius 2 is 2.35 bits per heavy atom. The van der Waals surface area contributed by atoms with E-state index in [1.807, 2.05) is 19.3 Å². The molecule has 120 valence electrons. The average molecular weight is 311 g/mol. The summed E-state index contributed by atoms with van der Waals surface area (Å²) in [6, 6.07) is 6.68. The molecule has 6 heteroatoms. The molecule has 2 N–H and O–H groups in total. The summed E-state index contributed by atoms with van der Waals surface area (Å²) in [7, 11) is 1.70. The summed E-state index contributed by atoms with van der Waals surface area (Å²) in [4.78, 5) is 6.56. The van der Waals surface area contributed by atoms with Crippen LogP contribution in [0.15, 0.2) is 35.2 Å². The van der Waals surface area contributed by atoms with Crippen molar-refractivity contribution in [1.29, 1.82) is 5.26 Å². The van der Waals surface area contributed by atoms with Crippen LogP contribution in [0.2, 0.25) is 0 Å². The van der Waals surface area contributed by atoms with E-state index >= 15 is 0 Å². The second-order valence-electron chi connectivity index (χ2n) is 5.77. The van der Waals surface area contributed by atoms with Gasteiger partial charge in [-0.3, -0.25) is 10.3 Å². The van der Waals surface area contributed by atoms with Crippen molar-refractivity contribution in [2.75, 3.05) is 13.7 Å². The lowest BCUT2D eigenvalue weighted by Crippen LogP contribution is -2.46. The van der Waals surface area contributed by atoms with E-state index in [-0.39, 0.29) is 6.17 Å². The molecule has 1 saturated heterocycles. The number of ether oxygens (including phenoxy) is 1. The van der Waals surface area contributed by atoms with E-state index < -0.39 is 0 Å². The van der Waals surface area contributed by atoms with Crippen LogP contribution in [-0.2, 0) is 0 Å². The van der Waals surface area contributed by atoms with Crippen LogP contribution in [0.4, 0.5) is 0 Å². The molecule has 1 aromatic carbocycles. The molecule has 3 rings (SSSR count). The number of aryl methyl sites for hydroxylation is 1. The number of likely N-dealkylation sites (tertiary alicyclic amines) is 1. The van der Waals surface area contributed by atoms with E-state index in [9.17, 15) is 0 Å². The van der Waals surface area contributed by atoms with Gasteiger partial charge in [0.15, 0.2) is 6.19 Å². The highest BCUT2D eigenvalue weighted by atomic mass is 16.5. The first kappa shape index (κ1) is 15.2. The normalized spacial score (nSPS) is 23.0. The second-order valence-corrected chi connectivity index (χ2v) is 5.77. The highest BCUT2D eigenvalue weighted by Crippen LogP contribution is 2.36. The van der Waals surface area contributed by atoms with E-state index in [1.165, 1.54) is 5.56 Å². The summed E-state index contributed by atoms with van der Waals surface area (Å²) in [5.41, 5.74) is 2.38. The van der Waals surface area contributed by atoms with Crippen molar-refractivity contribution >= 4 is 6.21 Å². The van der Waals surface area contributed by atoms with Crippen molar-refractivity contribution in [3.63, 3.8) is 0 Å². The summed E-state index contributed by atoms with van der Waals surface area (Å²) in [6.45, 7) is 3.02. The first-order valence-electron chi connectivity index (χ1n) is 7.78. The first-order chi connectivity index (χ1) is 11.2. The molecule has 0 bridgehead atoms. The number of methoxy groups -OCH3 is 1. The summed E-state index contributed by atoms with van der Waals surface area (Å²) in [6.07, 6.45) is 7.41. The van der Waals surface area contributed by atoms with Gasteiger partial charge >= 0.3 is 0 Å². The van der Waals surface area contributed by atoms with Crippen molar-refractivity contribution < 1.29 is 4.74 Å². The Hall–Kier alpha value is -2.68. The molecule has 2 aliphatic rings. The van der Waals surface area contributed by atoms with E-state index in [1.54, 1.807) is 13.3 Å². The molecule has 0 aliphatic carbocycles. The third-order valence-corrected chi connectivity index (χ3v) is 4.33. The lowest BCUT2D eigenvalue weighted by atomic mass is 10.0. The van der Waals surface area contributed by atoms with Crippen LogP contribution in [-0.4, -0.2) is 30.9 Å². The number of aliphatic imine (C=N–C) groups is 1. The maximum Gasteiger partial charge on any atom is 0.178 e. The van der Waals surface area contributed by atoms with Gasteiger partial charge in [0, 0.05) is 12.8 Å². The summed E-state index contributed by atoms with van der Waals surface area (Å²) >= 11 is 0. The van der Waals surface area contributed by atoms with Gasteiger partial charge in [-0.15, -0.1) is 0 Å². The molecule has 2 atom stereocenters. The van der Waals surface area contributed by atoms with Crippen LogP contribution < -0.4 is 15.4 Å². The number of nitriles is 1. The number of nitrogens with zero attached hydrogens (tertiary/aromatic N) is 3. The Morgan fingerprint density at radius 1 is 1.48 bits per heavy atom. The summed E-state index contributed by atoms with van der Waals surface area (Å²) in [5.74, 6) is 1.87. The van der Waals surface area contributed by atoms with Gasteiger partial charge in [0.25, 0.3) is 0 Å². The first-order valence-corrected chi connectivity index (χ1v) is 7.78. The third kappa shape index (κ3) is 3.09. The van der Waals surface area contributed by atoms with Crippen molar-refractivity contribution in [3.8, 4) is 11.9 Å². The van der Waals surface area contributed by atoms with Crippen molar-refractivity contribution in [2.45, 2.75) is 32.0 Å². The maximum absolute atomic E-state index is 8.77. The van der Waals surface area contributed by atoms with E-state index in [0.717, 1.165) is 36.5 Å². The van der Waals surface area contributed by atoms with E-state index in [2.05, 4.69) is 38.7 Å². The SMILES string of the molecule is COc1cc(C2CCCN2C2=CN=CC(NC#N)N2)ccc1C. The number of rotatable bonds is 4. The zero-order chi connectivity index (χ0) is 16.2. The van der Waals surface area contributed by atoms with Crippen LogP contribution in [0.1, 0.15) is 30.0 Å². The Morgan fingerprint density at radius 3 is 3.13 bits per heavy atom. The molecule has 0 aromatic heterocycles. The van der Waals surface area contributed by atoms with Crippen molar-refractivity contribution in [3.05, 3.63) is 41.3 Å². The molecule has 23 heavy (non-hydrogen) atoms. The Bertz CT molecular complexity index is 676. The average Bonchev–Trinajstić information content (AvgIpc) is 3.05. The molecule has 2 heterocycles. The predicted octanol–water partition coefficient (Wildman–Crippen LogP) is 2.01. The standard InChI is InChI=1S/C17H21N5O/c1-12-5-6-13(8-15(12)23-2)14-4-3-7-22(14)17-10-19-9-16(21-17)20-11-18/h5-6,8-10,14,16,20-21H,3-4,7H2,1-2H3. The molecule has 0 spiro atoms. The number of nitrogens with one attached hydrogen (secondary N) is 2. The summed E-state index contributed by atoms with van der Waals surface area (Å²) < 4.78 is 5.46. The molecule has 1 fully saturated rings. The molecule has 0 radical (unpaired) electrons. The minimum absolute atomic E-state index is 0.256. The van der Waals surface area contributed by atoms with Gasteiger partial charge in [0.2, 0.25) is 0 Å². The van der Waals surface area contributed by atoms with Gasteiger partial charge in [-0.1, -0.05) is 12.1 Å². The van der Waals surface area contributed by atoms with Crippen LogP contribution in [0.5, 0.6) is 5.75 Å². The number of hydrogen-bond donors (Lipinski definition) is 2. The van der Waals surface area contributed by atoms with Crippen LogP contribution >= 0.6 is 0 Å². The Kier molecular flexibility index (Phi) is 4.38. The molecule has 2 unspecified atom stereocenters. The van der Waals surface area contributed by atoms with Crippen LogP contribution in [0.3, 0.4) is 0 Å². The summed E-state index contributed by atoms with van der Waals surface area (Å²) in [5, 5.41) is 14.8. The molecule has 0 amide bonds. The lowest BCUT2D eigenvalue weighted by molar-refractivity contribution is 0.293. The van der Waals surface area contributed by atoms with Gasteiger partial charge in [-0.2, -0.15) is 5.26 Å². The van der Waals surface area contributed by atoms with Gasteiger partial charge in [0.1, 0.15) is 17.7 Å². The molecule has 0 saturated carbocycles. The maximum atomic E-state index is 8.77. The lowest BCUT2D eigenvalue weighted by Gasteiger charge is -2.32. The zero-order valence-corrected chi connectivity index (χ0v) is 13.4. The molecule has 1 aromatic rings. The van der Waals surface area contributed by atoms with Gasteiger partial charge in [-0.25, -0.2) is 0 Å². The van der Waals surface area contributed by atoms with Crippen LogP contribution in [0, 0.1) is 18.4 Å².